The average molecular weight is 291 g/mol. The van der Waals surface area contributed by atoms with Gasteiger partial charge in [-0.3, -0.25) is 9.48 Å². The van der Waals surface area contributed by atoms with Crippen LogP contribution in [0.15, 0.2) is 6.20 Å². The van der Waals surface area contributed by atoms with Crippen molar-refractivity contribution in [1.29, 1.82) is 0 Å². The molecule has 1 aliphatic heterocycles. The van der Waals surface area contributed by atoms with Crippen LogP contribution in [0.3, 0.4) is 0 Å². The number of ether oxygens (including phenoxy) is 1. The molecule has 0 saturated carbocycles. The van der Waals surface area contributed by atoms with E-state index in [2.05, 4.69) is 5.10 Å². The number of carbonyl (C=O) groups excluding carboxylic acids is 1. The van der Waals surface area contributed by atoms with E-state index in [-0.39, 0.29) is 13.1 Å². The molecule has 0 radical (unpaired) electrons. The van der Waals surface area contributed by atoms with Gasteiger partial charge in [0, 0.05) is 20.1 Å². The van der Waals surface area contributed by atoms with Crippen molar-refractivity contribution in [3.8, 4) is 0 Å². The van der Waals surface area contributed by atoms with E-state index < -0.39 is 28.9 Å². The third-order valence-corrected chi connectivity index (χ3v) is 3.15. The summed E-state index contributed by atoms with van der Waals surface area (Å²) in [5.74, 6) is -0.665. The molecule has 0 N–H and O–H groups in total. The van der Waals surface area contributed by atoms with Crippen LogP contribution in [0.5, 0.6) is 0 Å². The fourth-order valence-corrected chi connectivity index (χ4v) is 2.29. The third-order valence-electron chi connectivity index (χ3n) is 3.15. The van der Waals surface area contributed by atoms with E-state index in [1.54, 1.807) is 13.8 Å². The lowest BCUT2D eigenvalue weighted by Crippen LogP contribution is -2.50. The summed E-state index contributed by atoms with van der Waals surface area (Å²) in [5.41, 5.74) is -2.00. The highest BCUT2D eigenvalue weighted by Gasteiger charge is 2.41. The lowest BCUT2D eigenvalue weighted by atomic mass is 10.1. The molecular weight excluding hydrogens is 275 g/mol. The molecule has 0 aromatic carbocycles. The number of carbonyl (C=O) groups is 1. The summed E-state index contributed by atoms with van der Waals surface area (Å²) < 4.78 is 45.0. The highest BCUT2D eigenvalue weighted by molar-refractivity contribution is 5.95. The van der Waals surface area contributed by atoms with Crippen LogP contribution in [0.1, 0.15) is 29.9 Å². The summed E-state index contributed by atoms with van der Waals surface area (Å²) in [6.45, 7) is 4.41. The number of nitrogens with zero attached hydrogens (tertiary/aromatic N) is 3. The van der Waals surface area contributed by atoms with Crippen LogP contribution in [0.25, 0.3) is 0 Å². The van der Waals surface area contributed by atoms with Crippen molar-refractivity contribution in [2.75, 3.05) is 19.7 Å². The normalized spacial score (nSPS) is 19.2. The fraction of sp³-hybridized carbons (Fsp3) is 0.667. The Kier molecular flexibility index (Phi) is 3.53. The van der Waals surface area contributed by atoms with Gasteiger partial charge >= 0.3 is 6.18 Å². The van der Waals surface area contributed by atoms with Crippen LogP contribution in [-0.2, 0) is 18.0 Å². The number of amides is 1. The highest BCUT2D eigenvalue weighted by atomic mass is 19.4. The van der Waals surface area contributed by atoms with Gasteiger partial charge in [-0.2, -0.15) is 18.3 Å². The first-order chi connectivity index (χ1) is 9.12. The van der Waals surface area contributed by atoms with Crippen molar-refractivity contribution in [3.05, 3.63) is 17.5 Å². The molecule has 2 rings (SSSR count). The average Bonchev–Trinajstić information content (AvgIpc) is 2.68. The monoisotopic (exact) mass is 291 g/mol. The second kappa shape index (κ2) is 4.76. The molecular formula is C12H16F3N3O2. The Bertz CT molecular complexity index is 523. The van der Waals surface area contributed by atoms with Crippen LogP contribution < -0.4 is 0 Å². The Hall–Kier alpha value is -1.57. The molecule has 1 amide bonds. The Labute approximate surface area is 114 Å². The molecule has 8 heteroatoms. The Morgan fingerprint density at radius 3 is 2.65 bits per heavy atom. The van der Waals surface area contributed by atoms with Gasteiger partial charge < -0.3 is 9.64 Å². The second-order valence-electron chi connectivity index (χ2n) is 5.36. The van der Waals surface area contributed by atoms with Gasteiger partial charge in [0.1, 0.15) is 0 Å². The molecule has 5 nitrogen and oxygen atoms in total. The third kappa shape index (κ3) is 2.79. The number of aromatic nitrogens is 2. The van der Waals surface area contributed by atoms with Gasteiger partial charge in [0.25, 0.3) is 5.91 Å². The van der Waals surface area contributed by atoms with Crippen molar-refractivity contribution in [3.63, 3.8) is 0 Å². The molecule has 2 heterocycles. The molecule has 0 unspecified atom stereocenters. The smallest absolute Gasteiger partial charge is 0.372 e. The lowest BCUT2D eigenvalue weighted by molar-refractivity contribution is -0.144. The first-order valence-electron chi connectivity index (χ1n) is 6.14. The minimum atomic E-state index is -4.61. The van der Waals surface area contributed by atoms with Crippen molar-refractivity contribution in [2.45, 2.75) is 25.6 Å². The Morgan fingerprint density at radius 2 is 2.10 bits per heavy atom. The van der Waals surface area contributed by atoms with Gasteiger partial charge in [-0.15, -0.1) is 0 Å². The number of hydrogen-bond acceptors (Lipinski definition) is 3. The molecule has 1 fully saturated rings. The van der Waals surface area contributed by atoms with Crippen LogP contribution in [-0.4, -0.2) is 45.9 Å². The number of alkyl halides is 3. The largest absolute Gasteiger partial charge is 0.433 e. The summed E-state index contributed by atoms with van der Waals surface area (Å²) in [7, 11) is 1.17. The SMILES string of the molecule is Cn1ncc(C(=O)N2CCOC(C)(C)C2)c1C(F)(F)F. The number of rotatable bonds is 1. The summed E-state index contributed by atoms with van der Waals surface area (Å²) in [6.07, 6.45) is -3.65. The maximum atomic E-state index is 13.0. The Morgan fingerprint density at radius 1 is 1.45 bits per heavy atom. The zero-order valence-electron chi connectivity index (χ0n) is 11.5. The first-order valence-corrected chi connectivity index (χ1v) is 6.14. The molecule has 20 heavy (non-hydrogen) atoms. The van der Waals surface area contributed by atoms with Crippen LogP contribution in [0, 0.1) is 0 Å². The van der Waals surface area contributed by atoms with Gasteiger partial charge in [0.05, 0.1) is 24.0 Å². The zero-order chi connectivity index (χ0) is 15.1. The maximum Gasteiger partial charge on any atom is 0.433 e. The van der Waals surface area contributed by atoms with Crippen molar-refractivity contribution >= 4 is 5.91 Å². The summed E-state index contributed by atoms with van der Waals surface area (Å²) in [5, 5.41) is 3.55. The molecule has 0 aliphatic carbocycles. The molecule has 0 spiro atoms. The molecule has 1 aromatic heterocycles. The highest BCUT2D eigenvalue weighted by Crippen LogP contribution is 2.32. The van der Waals surface area contributed by atoms with E-state index in [4.69, 9.17) is 4.74 Å². The van der Waals surface area contributed by atoms with Crippen LogP contribution in [0.4, 0.5) is 13.2 Å². The van der Waals surface area contributed by atoms with E-state index in [0.717, 1.165) is 6.20 Å². The molecule has 1 aliphatic rings. The Balaban J connectivity index is 2.31. The minimum absolute atomic E-state index is 0.248. The van der Waals surface area contributed by atoms with Crippen molar-refractivity contribution in [1.82, 2.24) is 14.7 Å². The van der Waals surface area contributed by atoms with E-state index in [9.17, 15) is 18.0 Å². The second-order valence-corrected chi connectivity index (χ2v) is 5.36. The van der Waals surface area contributed by atoms with Gasteiger partial charge in [-0.05, 0) is 13.8 Å². The minimum Gasteiger partial charge on any atom is -0.372 e. The predicted octanol–water partition coefficient (Wildman–Crippen LogP) is 1.69. The quantitative estimate of drug-likeness (QED) is 0.791. The van der Waals surface area contributed by atoms with Gasteiger partial charge in [-0.25, -0.2) is 0 Å². The molecule has 0 bridgehead atoms. The topological polar surface area (TPSA) is 47.4 Å². The summed E-state index contributed by atoms with van der Waals surface area (Å²) >= 11 is 0. The summed E-state index contributed by atoms with van der Waals surface area (Å²) in [6, 6.07) is 0. The standard InChI is InChI=1S/C12H16F3N3O2/c1-11(2)7-18(4-5-20-11)10(19)8-6-16-17(3)9(8)12(13,14)15/h6H,4-5,7H2,1-3H3. The van der Waals surface area contributed by atoms with E-state index in [1.807, 2.05) is 0 Å². The molecule has 112 valence electrons. The zero-order valence-corrected chi connectivity index (χ0v) is 11.5. The van der Waals surface area contributed by atoms with E-state index in [0.29, 0.717) is 11.3 Å². The predicted molar refractivity (Wildman–Crippen MR) is 64.1 cm³/mol. The molecule has 0 atom stereocenters. The molecule has 1 saturated heterocycles. The van der Waals surface area contributed by atoms with Crippen molar-refractivity contribution in [2.24, 2.45) is 7.05 Å². The number of halogens is 3. The van der Waals surface area contributed by atoms with E-state index in [1.165, 1.54) is 11.9 Å². The lowest BCUT2D eigenvalue weighted by Gasteiger charge is -2.38. The van der Waals surface area contributed by atoms with Crippen molar-refractivity contribution < 1.29 is 22.7 Å². The maximum absolute atomic E-state index is 13.0. The number of hydrogen-bond donors (Lipinski definition) is 0. The number of aryl methyl sites for hydroxylation is 1. The first kappa shape index (κ1) is 14.8. The summed E-state index contributed by atoms with van der Waals surface area (Å²) in [4.78, 5) is 13.7. The van der Waals surface area contributed by atoms with E-state index >= 15 is 0 Å². The number of morpholine rings is 1. The van der Waals surface area contributed by atoms with Gasteiger partial charge in [-0.1, -0.05) is 0 Å². The van der Waals surface area contributed by atoms with Gasteiger partial charge in [0.2, 0.25) is 0 Å². The van der Waals surface area contributed by atoms with Crippen LogP contribution in [0.2, 0.25) is 0 Å². The van der Waals surface area contributed by atoms with Gasteiger partial charge in [0.15, 0.2) is 5.69 Å². The molecule has 1 aromatic rings. The van der Waals surface area contributed by atoms with Crippen LogP contribution >= 0.6 is 0 Å². The fourth-order valence-electron chi connectivity index (χ4n) is 2.29.